The van der Waals surface area contributed by atoms with Crippen LogP contribution in [0.3, 0.4) is 0 Å². The second kappa shape index (κ2) is 4.30. The van der Waals surface area contributed by atoms with Crippen LogP contribution in [0.4, 0.5) is 0 Å². The maximum atomic E-state index is 9.12. The van der Waals surface area contributed by atoms with Crippen LogP contribution in [0.2, 0.25) is 10.0 Å². The molecule has 15 heavy (non-hydrogen) atoms. The number of benzene rings is 1. The molecule has 4 heteroatoms. The van der Waals surface area contributed by atoms with Gasteiger partial charge in [-0.3, -0.25) is 0 Å². The van der Waals surface area contributed by atoms with Gasteiger partial charge in [0.05, 0.1) is 16.7 Å². The van der Waals surface area contributed by atoms with E-state index in [0.717, 1.165) is 24.9 Å². The molecule has 1 aliphatic rings. The van der Waals surface area contributed by atoms with Gasteiger partial charge in [-0.25, -0.2) is 0 Å². The number of aliphatic hydroxyl groups is 1. The summed E-state index contributed by atoms with van der Waals surface area (Å²) in [5.41, 5.74) is 1.05. The van der Waals surface area contributed by atoms with Gasteiger partial charge in [-0.05, 0) is 30.5 Å². The molecular weight excluding hydrogens is 233 g/mol. The molecule has 1 saturated carbocycles. The molecule has 0 amide bonds. The van der Waals surface area contributed by atoms with Crippen molar-refractivity contribution in [2.24, 2.45) is 0 Å². The van der Waals surface area contributed by atoms with Crippen molar-refractivity contribution < 1.29 is 5.11 Å². The third kappa shape index (κ3) is 2.64. The van der Waals surface area contributed by atoms with E-state index in [1.54, 1.807) is 6.07 Å². The molecule has 0 aliphatic heterocycles. The molecule has 0 atom stereocenters. The number of hydrogen-bond acceptors (Lipinski definition) is 2. The first-order chi connectivity index (χ1) is 7.15. The van der Waals surface area contributed by atoms with Gasteiger partial charge in [0.1, 0.15) is 0 Å². The van der Waals surface area contributed by atoms with E-state index in [9.17, 15) is 0 Å². The van der Waals surface area contributed by atoms with Crippen molar-refractivity contribution in [1.29, 1.82) is 0 Å². The molecule has 1 aromatic rings. The quantitative estimate of drug-likeness (QED) is 0.855. The molecule has 0 unspecified atom stereocenters. The lowest BCUT2D eigenvalue weighted by molar-refractivity contribution is 0.229. The molecule has 1 aromatic carbocycles. The van der Waals surface area contributed by atoms with Crippen LogP contribution in [0, 0.1) is 0 Å². The number of nitrogens with one attached hydrogen (secondary N) is 1. The molecule has 0 bridgehead atoms. The molecule has 0 saturated heterocycles. The molecule has 2 rings (SSSR count). The van der Waals surface area contributed by atoms with Gasteiger partial charge >= 0.3 is 0 Å². The van der Waals surface area contributed by atoms with Crippen LogP contribution in [0.15, 0.2) is 18.2 Å². The normalized spacial score (nSPS) is 17.8. The summed E-state index contributed by atoms with van der Waals surface area (Å²) >= 11 is 11.7. The summed E-state index contributed by atoms with van der Waals surface area (Å²) in [5.74, 6) is 0. The van der Waals surface area contributed by atoms with Gasteiger partial charge in [0.25, 0.3) is 0 Å². The highest BCUT2D eigenvalue weighted by molar-refractivity contribution is 6.42. The van der Waals surface area contributed by atoms with Gasteiger partial charge in [0, 0.05) is 12.1 Å². The average Bonchev–Trinajstić information content (AvgIpc) is 3.01. The summed E-state index contributed by atoms with van der Waals surface area (Å²) < 4.78 is 0. The average molecular weight is 246 g/mol. The van der Waals surface area contributed by atoms with Crippen LogP contribution in [-0.4, -0.2) is 17.3 Å². The summed E-state index contributed by atoms with van der Waals surface area (Å²) in [6.07, 6.45) is 2.09. The highest BCUT2D eigenvalue weighted by Crippen LogP contribution is 2.35. The molecule has 0 radical (unpaired) electrons. The van der Waals surface area contributed by atoms with E-state index >= 15 is 0 Å². The molecule has 2 N–H and O–H groups in total. The van der Waals surface area contributed by atoms with E-state index in [-0.39, 0.29) is 12.1 Å². The zero-order chi connectivity index (χ0) is 10.9. The van der Waals surface area contributed by atoms with Crippen LogP contribution >= 0.6 is 23.2 Å². The number of hydrogen-bond donors (Lipinski definition) is 2. The molecular formula is C11H13Cl2NO. The molecule has 0 spiro atoms. The lowest BCUT2D eigenvalue weighted by Crippen LogP contribution is -2.34. The van der Waals surface area contributed by atoms with Crippen LogP contribution in [0.25, 0.3) is 0 Å². The standard InChI is InChI=1S/C11H13Cl2NO/c12-9-2-1-8(5-10(9)13)6-14-11(7-15)3-4-11/h1-2,5,14-15H,3-4,6-7H2. The van der Waals surface area contributed by atoms with Crippen molar-refractivity contribution >= 4 is 23.2 Å². The van der Waals surface area contributed by atoms with Crippen LogP contribution < -0.4 is 5.32 Å². The Morgan fingerprint density at radius 3 is 2.53 bits per heavy atom. The first-order valence-corrected chi connectivity index (χ1v) is 5.71. The Morgan fingerprint density at radius 1 is 1.27 bits per heavy atom. The molecule has 1 fully saturated rings. The molecule has 0 aromatic heterocycles. The van der Waals surface area contributed by atoms with E-state index in [4.69, 9.17) is 28.3 Å². The Bertz CT molecular complexity index is 364. The molecule has 2 nitrogen and oxygen atoms in total. The summed E-state index contributed by atoms with van der Waals surface area (Å²) in [4.78, 5) is 0. The van der Waals surface area contributed by atoms with E-state index in [1.807, 2.05) is 12.1 Å². The summed E-state index contributed by atoms with van der Waals surface area (Å²) in [6, 6.07) is 5.58. The fourth-order valence-corrected chi connectivity index (χ4v) is 1.80. The lowest BCUT2D eigenvalue weighted by atomic mass is 10.2. The van der Waals surface area contributed by atoms with Gasteiger partial charge in [0.2, 0.25) is 0 Å². The van der Waals surface area contributed by atoms with Crippen molar-refractivity contribution in [1.82, 2.24) is 5.32 Å². The van der Waals surface area contributed by atoms with E-state index in [1.165, 1.54) is 0 Å². The minimum atomic E-state index is -0.0356. The third-order valence-electron chi connectivity index (χ3n) is 2.81. The van der Waals surface area contributed by atoms with Crippen molar-refractivity contribution in [3.63, 3.8) is 0 Å². The second-order valence-electron chi connectivity index (χ2n) is 4.04. The fourth-order valence-electron chi connectivity index (χ4n) is 1.48. The topological polar surface area (TPSA) is 32.3 Å². The van der Waals surface area contributed by atoms with Gasteiger partial charge in [-0.1, -0.05) is 29.3 Å². The fraction of sp³-hybridized carbons (Fsp3) is 0.455. The monoisotopic (exact) mass is 245 g/mol. The SMILES string of the molecule is OCC1(NCc2ccc(Cl)c(Cl)c2)CC1. The maximum Gasteiger partial charge on any atom is 0.0613 e. The maximum absolute atomic E-state index is 9.12. The van der Waals surface area contributed by atoms with Crippen LogP contribution in [0.5, 0.6) is 0 Å². The summed E-state index contributed by atoms with van der Waals surface area (Å²) in [5, 5.41) is 13.6. The molecule has 0 heterocycles. The van der Waals surface area contributed by atoms with Crippen LogP contribution in [0.1, 0.15) is 18.4 Å². The summed E-state index contributed by atoms with van der Waals surface area (Å²) in [7, 11) is 0. The van der Waals surface area contributed by atoms with Gasteiger partial charge in [-0.15, -0.1) is 0 Å². The van der Waals surface area contributed by atoms with E-state index in [2.05, 4.69) is 5.32 Å². The Balaban J connectivity index is 1.96. The molecule has 1 aliphatic carbocycles. The zero-order valence-electron chi connectivity index (χ0n) is 8.26. The second-order valence-corrected chi connectivity index (χ2v) is 4.85. The Morgan fingerprint density at radius 2 is 2.00 bits per heavy atom. The third-order valence-corrected chi connectivity index (χ3v) is 3.55. The Hall–Kier alpha value is -0.280. The smallest absolute Gasteiger partial charge is 0.0613 e. The van der Waals surface area contributed by atoms with Crippen molar-refractivity contribution in [2.75, 3.05) is 6.61 Å². The lowest BCUT2D eigenvalue weighted by Gasteiger charge is -2.14. The first-order valence-electron chi connectivity index (χ1n) is 4.95. The first kappa shape index (κ1) is 11.2. The largest absolute Gasteiger partial charge is 0.394 e. The minimum Gasteiger partial charge on any atom is -0.394 e. The van der Waals surface area contributed by atoms with Crippen LogP contribution in [-0.2, 0) is 6.54 Å². The highest BCUT2D eigenvalue weighted by Gasteiger charge is 2.41. The van der Waals surface area contributed by atoms with Gasteiger partial charge in [0.15, 0.2) is 0 Å². The van der Waals surface area contributed by atoms with E-state index < -0.39 is 0 Å². The molecule has 82 valence electrons. The number of halogens is 2. The van der Waals surface area contributed by atoms with Crippen molar-refractivity contribution in [2.45, 2.75) is 24.9 Å². The predicted octanol–water partition coefficient (Wildman–Crippen LogP) is 2.61. The minimum absolute atomic E-state index is 0.0356. The number of rotatable bonds is 4. The van der Waals surface area contributed by atoms with Crippen molar-refractivity contribution in [3.05, 3.63) is 33.8 Å². The zero-order valence-corrected chi connectivity index (χ0v) is 9.78. The Kier molecular flexibility index (Phi) is 3.21. The number of aliphatic hydroxyl groups excluding tert-OH is 1. The Labute approximate surface area is 99.2 Å². The predicted molar refractivity (Wildman–Crippen MR) is 62.4 cm³/mol. The summed E-state index contributed by atoms with van der Waals surface area (Å²) in [6.45, 7) is 0.922. The van der Waals surface area contributed by atoms with E-state index in [0.29, 0.717) is 10.0 Å². The van der Waals surface area contributed by atoms with Gasteiger partial charge in [-0.2, -0.15) is 0 Å². The van der Waals surface area contributed by atoms with Crippen molar-refractivity contribution in [3.8, 4) is 0 Å². The highest BCUT2D eigenvalue weighted by atomic mass is 35.5. The van der Waals surface area contributed by atoms with Gasteiger partial charge < -0.3 is 10.4 Å².